The van der Waals surface area contributed by atoms with Crippen molar-refractivity contribution in [3.63, 3.8) is 0 Å². The third kappa shape index (κ3) is 4.36. The Bertz CT molecular complexity index is 123. The zero-order valence-electron chi connectivity index (χ0n) is 8.38. The van der Waals surface area contributed by atoms with Gasteiger partial charge in [-0.05, 0) is 12.8 Å². The molecule has 0 bridgehead atoms. The van der Waals surface area contributed by atoms with Crippen molar-refractivity contribution in [3.05, 3.63) is 12.8 Å². The highest BCUT2D eigenvalue weighted by atomic mass is 15.5. The van der Waals surface area contributed by atoms with Gasteiger partial charge >= 0.3 is 0 Å². The SMILES string of the molecule is C=CN(C)NCC(CC)[C@H](C)N. The molecule has 3 nitrogen and oxygen atoms in total. The quantitative estimate of drug-likeness (QED) is 0.584. The molecule has 0 aromatic rings. The summed E-state index contributed by atoms with van der Waals surface area (Å²) in [5.41, 5.74) is 8.99. The van der Waals surface area contributed by atoms with E-state index in [2.05, 4.69) is 18.9 Å². The molecule has 0 aromatic carbocycles. The van der Waals surface area contributed by atoms with Crippen LogP contribution in [0, 0.1) is 5.92 Å². The molecule has 0 aliphatic heterocycles. The Morgan fingerprint density at radius 1 is 1.67 bits per heavy atom. The number of nitrogens with two attached hydrogens (primary N) is 1. The summed E-state index contributed by atoms with van der Waals surface area (Å²) in [5, 5.41) is 1.85. The first-order valence-corrected chi connectivity index (χ1v) is 4.46. The first kappa shape index (κ1) is 11.5. The van der Waals surface area contributed by atoms with Gasteiger partial charge in [-0.15, -0.1) is 0 Å². The molecule has 0 aromatic heterocycles. The lowest BCUT2D eigenvalue weighted by Crippen LogP contribution is -2.39. The number of hydrazine groups is 1. The van der Waals surface area contributed by atoms with E-state index in [0.717, 1.165) is 13.0 Å². The average molecular weight is 171 g/mol. The smallest absolute Gasteiger partial charge is 0.0225 e. The van der Waals surface area contributed by atoms with Crippen LogP contribution < -0.4 is 11.2 Å². The summed E-state index contributed by atoms with van der Waals surface area (Å²) in [5.74, 6) is 0.535. The van der Waals surface area contributed by atoms with E-state index in [1.165, 1.54) is 0 Å². The predicted octanol–water partition coefficient (Wildman–Crippen LogP) is 0.940. The number of nitrogens with one attached hydrogen (secondary N) is 1. The molecule has 3 N–H and O–H groups in total. The minimum atomic E-state index is 0.251. The van der Waals surface area contributed by atoms with E-state index in [9.17, 15) is 0 Å². The van der Waals surface area contributed by atoms with Gasteiger partial charge in [-0.1, -0.05) is 19.9 Å². The van der Waals surface area contributed by atoms with Gasteiger partial charge in [-0.25, -0.2) is 5.43 Å². The van der Waals surface area contributed by atoms with E-state index in [1.807, 2.05) is 19.0 Å². The largest absolute Gasteiger partial charge is 0.328 e. The van der Waals surface area contributed by atoms with Gasteiger partial charge in [0, 0.05) is 25.8 Å². The third-order valence-corrected chi connectivity index (χ3v) is 2.14. The van der Waals surface area contributed by atoms with Crippen LogP contribution in [0.4, 0.5) is 0 Å². The van der Waals surface area contributed by atoms with Crippen LogP contribution in [0.1, 0.15) is 20.3 Å². The van der Waals surface area contributed by atoms with Crippen molar-refractivity contribution in [2.75, 3.05) is 13.6 Å². The molecule has 0 heterocycles. The van der Waals surface area contributed by atoms with Crippen LogP contribution >= 0.6 is 0 Å². The lowest BCUT2D eigenvalue weighted by molar-refractivity contribution is 0.274. The zero-order chi connectivity index (χ0) is 9.56. The minimum absolute atomic E-state index is 0.251. The highest BCUT2D eigenvalue weighted by Crippen LogP contribution is 2.04. The first-order chi connectivity index (χ1) is 5.61. The van der Waals surface area contributed by atoms with Crippen molar-refractivity contribution in [2.24, 2.45) is 11.7 Å². The molecule has 2 atom stereocenters. The predicted molar refractivity (Wildman–Crippen MR) is 53.4 cm³/mol. The lowest BCUT2D eigenvalue weighted by atomic mass is 10.00. The Balaban J connectivity index is 3.64. The molecule has 12 heavy (non-hydrogen) atoms. The molecule has 0 rings (SSSR count). The second-order valence-electron chi connectivity index (χ2n) is 3.18. The van der Waals surface area contributed by atoms with Gasteiger partial charge in [0.1, 0.15) is 0 Å². The van der Waals surface area contributed by atoms with Crippen LogP contribution in [0.2, 0.25) is 0 Å². The molecule has 0 aliphatic carbocycles. The maximum absolute atomic E-state index is 5.79. The van der Waals surface area contributed by atoms with Crippen LogP contribution in [-0.4, -0.2) is 24.6 Å². The molecule has 0 saturated carbocycles. The first-order valence-electron chi connectivity index (χ1n) is 4.46. The summed E-state index contributed by atoms with van der Waals surface area (Å²) in [4.78, 5) is 0. The van der Waals surface area contributed by atoms with Crippen molar-refractivity contribution >= 4 is 0 Å². The van der Waals surface area contributed by atoms with Crippen molar-refractivity contribution in [1.29, 1.82) is 0 Å². The molecule has 0 fully saturated rings. The normalized spacial score (nSPS) is 15.3. The van der Waals surface area contributed by atoms with Crippen LogP contribution in [0.15, 0.2) is 12.8 Å². The van der Waals surface area contributed by atoms with E-state index in [1.54, 1.807) is 6.20 Å². The lowest BCUT2D eigenvalue weighted by Gasteiger charge is -2.23. The van der Waals surface area contributed by atoms with Gasteiger partial charge in [-0.3, -0.25) is 0 Å². The summed E-state index contributed by atoms with van der Waals surface area (Å²) in [6.45, 7) is 8.76. The van der Waals surface area contributed by atoms with Crippen LogP contribution in [0.5, 0.6) is 0 Å². The Morgan fingerprint density at radius 3 is 2.58 bits per heavy atom. The molecule has 3 heteroatoms. The number of rotatable bonds is 6. The van der Waals surface area contributed by atoms with Crippen molar-refractivity contribution in [1.82, 2.24) is 10.4 Å². The number of hydrogen-bond donors (Lipinski definition) is 2. The van der Waals surface area contributed by atoms with E-state index in [-0.39, 0.29) is 6.04 Å². The maximum atomic E-state index is 5.79. The van der Waals surface area contributed by atoms with E-state index in [4.69, 9.17) is 5.73 Å². The zero-order valence-corrected chi connectivity index (χ0v) is 8.38. The highest BCUT2D eigenvalue weighted by molar-refractivity contribution is 4.70. The van der Waals surface area contributed by atoms with E-state index < -0.39 is 0 Å². The summed E-state index contributed by atoms with van der Waals surface area (Å²) in [6, 6.07) is 0.251. The molecule has 0 saturated heterocycles. The van der Waals surface area contributed by atoms with Crippen molar-refractivity contribution < 1.29 is 0 Å². The van der Waals surface area contributed by atoms with Gasteiger partial charge in [0.2, 0.25) is 0 Å². The maximum Gasteiger partial charge on any atom is 0.0225 e. The van der Waals surface area contributed by atoms with Gasteiger partial charge < -0.3 is 10.7 Å². The third-order valence-electron chi connectivity index (χ3n) is 2.14. The minimum Gasteiger partial charge on any atom is -0.328 e. The van der Waals surface area contributed by atoms with E-state index >= 15 is 0 Å². The van der Waals surface area contributed by atoms with Gasteiger partial charge in [0.25, 0.3) is 0 Å². The Kier molecular flexibility index (Phi) is 5.76. The number of hydrogen-bond acceptors (Lipinski definition) is 3. The van der Waals surface area contributed by atoms with Gasteiger partial charge in [-0.2, -0.15) is 0 Å². The molecular formula is C9H21N3. The fraction of sp³-hybridized carbons (Fsp3) is 0.778. The molecule has 0 spiro atoms. The summed E-state index contributed by atoms with van der Waals surface area (Å²) >= 11 is 0. The average Bonchev–Trinajstić information content (AvgIpc) is 2.04. The molecule has 72 valence electrons. The molecule has 0 radical (unpaired) electrons. The Morgan fingerprint density at radius 2 is 2.25 bits per heavy atom. The van der Waals surface area contributed by atoms with Gasteiger partial charge in [0.15, 0.2) is 0 Å². The highest BCUT2D eigenvalue weighted by Gasteiger charge is 2.10. The second kappa shape index (κ2) is 6.03. The Labute approximate surface area is 75.6 Å². The monoisotopic (exact) mass is 171 g/mol. The molecule has 0 aliphatic rings. The van der Waals surface area contributed by atoms with Crippen LogP contribution in [0.25, 0.3) is 0 Å². The fourth-order valence-electron chi connectivity index (χ4n) is 1.03. The molecule has 0 amide bonds. The molecular weight excluding hydrogens is 150 g/mol. The summed E-state index contributed by atoms with van der Waals surface area (Å²) < 4.78 is 0. The Hall–Kier alpha value is -0.540. The summed E-state index contributed by atoms with van der Waals surface area (Å²) in [6.07, 6.45) is 2.85. The van der Waals surface area contributed by atoms with Crippen molar-refractivity contribution in [2.45, 2.75) is 26.3 Å². The van der Waals surface area contributed by atoms with E-state index in [0.29, 0.717) is 5.92 Å². The number of nitrogens with zero attached hydrogens (tertiary/aromatic N) is 1. The second-order valence-corrected chi connectivity index (χ2v) is 3.18. The van der Waals surface area contributed by atoms with Gasteiger partial charge in [0.05, 0.1) is 0 Å². The van der Waals surface area contributed by atoms with Crippen LogP contribution in [0.3, 0.4) is 0 Å². The summed E-state index contributed by atoms with van der Waals surface area (Å²) in [7, 11) is 1.93. The molecule has 1 unspecified atom stereocenters. The fourth-order valence-corrected chi connectivity index (χ4v) is 1.03. The van der Waals surface area contributed by atoms with Crippen LogP contribution in [-0.2, 0) is 0 Å². The standard InChI is InChI=1S/C9H21N3/c1-5-9(8(3)10)7-11-12(4)6-2/h6,8-9,11H,2,5,7,10H2,1,3-4H3/t8-,9?/m0/s1. The van der Waals surface area contributed by atoms with Crippen molar-refractivity contribution in [3.8, 4) is 0 Å². The topological polar surface area (TPSA) is 41.3 Å².